The van der Waals surface area contributed by atoms with Crippen molar-refractivity contribution in [1.29, 1.82) is 0 Å². The molecule has 0 unspecified atom stereocenters. The molecule has 0 heterocycles. The molecule has 0 aliphatic heterocycles. The van der Waals surface area contributed by atoms with Crippen LogP contribution in [-0.4, -0.2) is 31.4 Å². The number of hydrogen-bond acceptors (Lipinski definition) is 3. The van der Waals surface area contributed by atoms with Gasteiger partial charge in [-0.25, -0.2) is 4.79 Å². The summed E-state index contributed by atoms with van der Waals surface area (Å²) < 4.78 is 0. The van der Waals surface area contributed by atoms with Gasteiger partial charge in [0.15, 0.2) is 5.78 Å². The van der Waals surface area contributed by atoms with Gasteiger partial charge in [0.05, 0.1) is 6.54 Å². The first-order valence-corrected chi connectivity index (χ1v) is 4.63. The first-order valence-electron chi connectivity index (χ1n) is 4.63. The highest BCUT2D eigenvalue weighted by Gasteiger charge is 2.20. The zero-order valence-corrected chi connectivity index (χ0v) is 9.02. The average molecular weight is 201 g/mol. The number of carbonyl (C=O) groups is 2. The van der Waals surface area contributed by atoms with E-state index in [0.29, 0.717) is 13.1 Å². The second kappa shape index (κ2) is 5.59. The molecule has 2 amide bonds. The number of urea groups is 1. The Bertz CT molecular complexity index is 209. The molecular weight excluding hydrogens is 182 g/mol. The Morgan fingerprint density at radius 2 is 1.79 bits per heavy atom. The molecule has 0 spiro atoms. The molecule has 0 atom stereocenters. The lowest BCUT2D eigenvalue weighted by atomic mass is 9.91. The summed E-state index contributed by atoms with van der Waals surface area (Å²) in [6.07, 6.45) is 0. The molecular formula is C9H19N3O2. The van der Waals surface area contributed by atoms with Crippen LogP contribution in [-0.2, 0) is 4.79 Å². The van der Waals surface area contributed by atoms with Crippen molar-refractivity contribution >= 4 is 11.8 Å². The molecule has 0 aromatic carbocycles. The normalized spacial score (nSPS) is 10.9. The minimum atomic E-state index is -0.416. The van der Waals surface area contributed by atoms with E-state index < -0.39 is 5.41 Å². The average Bonchev–Trinajstić information content (AvgIpc) is 2.09. The maximum atomic E-state index is 11.4. The van der Waals surface area contributed by atoms with Crippen LogP contribution in [0.2, 0.25) is 0 Å². The minimum absolute atomic E-state index is 0.000369. The smallest absolute Gasteiger partial charge is 0.315 e. The number of nitrogens with two attached hydrogens (primary N) is 1. The third-order valence-corrected chi connectivity index (χ3v) is 1.68. The van der Waals surface area contributed by atoms with Crippen LogP contribution in [0, 0.1) is 5.41 Å². The van der Waals surface area contributed by atoms with Crippen molar-refractivity contribution in [2.24, 2.45) is 11.1 Å². The van der Waals surface area contributed by atoms with Gasteiger partial charge in [-0.1, -0.05) is 20.8 Å². The lowest BCUT2D eigenvalue weighted by Gasteiger charge is -2.16. The van der Waals surface area contributed by atoms with Crippen LogP contribution in [0.3, 0.4) is 0 Å². The number of ketones is 1. The zero-order chi connectivity index (χ0) is 11.2. The molecule has 0 aromatic rings. The second-order valence-electron chi connectivity index (χ2n) is 4.07. The molecule has 0 radical (unpaired) electrons. The van der Waals surface area contributed by atoms with Gasteiger partial charge in [0.2, 0.25) is 0 Å². The number of Topliss-reactive ketones (excluding diaryl/α,β-unsaturated/α-hetero) is 1. The molecule has 0 rings (SSSR count). The van der Waals surface area contributed by atoms with E-state index in [1.54, 1.807) is 0 Å². The topological polar surface area (TPSA) is 84.2 Å². The third kappa shape index (κ3) is 5.53. The zero-order valence-electron chi connectivity index (χ0n) is 9.02. The Kier molecular flexibility index (Phi) is 5.15. The molecule has 14 heavy (non-hydrogen) atoms. The molecule has 0 saturated heterocycles. The van der Waals surface area contributed by atoms with E-state index in [1.807, 2.05) is 20.8 Å². The van der Waals surface area contributed by atoms with Gasteiger partial charge in [0.1, 0.15) is 0 Å². The fourth-order valence-electron chi connectivity index (χ4n) is 0.674. The van der Waals surface area contributed by atoms with E-state index in [9.17, 15) is 9.59 Å². The van der Waals surface area contributed by atoms with Crippen molar-refractivity contribution in [3.63, 3.8) is 0 Å². The van der Waals surface area contributed by atoms with Crippen LogP contribution in [0.4, 0.5) is 4.79 Å². The molecule has 5 nitrogen and oxygen atoms in total. The van der Waals surface area contributed by atoms with Crippen molar-refractivity contribution < 1.29 is 9.59 Å². The van der Waals surface area contributed by atoms with Crippen molar-refractivity contribution in [3.8, 4) is 0 Å². The lowest BCUT2D eigenvalue weighted by molar-refractivity contribution is -0.125. The Hall–Kier alpha value is -1.10. The number of hydrogen-bond donors (Lipinski definition) is 3. The quantitative estimate of drug-likeness (QED) is 0.592. The van der Waals surface area contributed by atoms with Crippen LogP contribution >= 0.6 is 0 Å². The van der Waals surface area contributed by atoms with E-state index >= 15 is 0 Å². The van der Waals surface area contributed by atoms with E-state index in [2.05, 4.69) is 10.6 Å². The molecule has 0 bridgehead atoms. The molecule has 82 valence electrons. The molecule has 5 heteroatoms. The monoisotopic (exact) mass is 201 g/mol. The largest absolute Gasteiger partial charge is 0.337 e. The fraction of sp³-hybridized carbons (Fsp3) is 0.778. The highest BCUT2D eigenvalue weighted by Crippen LogP contribution is 2.13. The summed E-state index contributed by atoms with van der Waals surface area (Å²) >= 11 is 0. The summed E-state index contributed by atoms with van der Waals surface area (Å²) in [6.45, 7) is 6.30. The van der Waals surface area contributed by atoms with Crippen molar-refractivity contribution in [2.45, 2.75) is 20.8 Å². The SMILES string of the molecule is CC(C)(C)C(=O)CNC(=O)NCCN. The highest BCUT2D eigenvalue weighted by atomic mass is 16.2. The van der Waals surface area contributed by atoms with Crippen LogP contribution in [0.1, 0.15) is 20.8 Å². The van der Waals surface area contributed by atoms with E-state index in [-0.39, 0.29) is 18.4 Å². The number of carbonyl (C=O) groups excluding carboxylic acids is 2. The van der Waals surface area contributed by atoms with Gasteiger partial charge in [-0.15, -0.1) is 0 Å². The first-order chi connectivity index (χ1) is 6.38. The van der Waals surface area contributed by atoms with Crippen LogP contribution in [0.5, 0.6) is 0 Å². The van der Waals surface area contributed by atoms with Crippen molar-refractivity contribution in [1.82, 2.24) is 10.6 Å². The van der Waals surface area contributed by atoms with Crippen molar-refractivity contribution in [3.05, 3.63) is 0 Å². The van der Waals surface area contributed by atoms with Gasteiger partial charge >= 0.3 is 6.03 Å². The summed E-state index contributed by atoms with van der Waals surface area (Å²) in [5, 5.41) is 4.98. The van der Waals surface area contributed by atoms with Gasteiger partial charge < -0.3 is 16.4 Å². The molecule has 4 N–H and O–H groups in total. The van der Waals surface area contributed by atoms with Crippen LogP contribution in [0.25, 0.3) is 0 Å². The standard InChI is InChI=1S/C9H19N3O2/c1-9(2,3)7(13)6-12-8(14)11-5-4-10/h4-6,10H2,1-3H3,(H2,11,12,14). The van der Waals surface area contributed by atoms with Gasteiger partial charge in [0.25, 0.3) is 0 Å². The summed E-state index contributed by atoms with van der Waals surface area (Å²) in [6, 6.07) is -0.354. The number of nitrogens with one attached hydrogen (secondary N) is 2. The first kappa shape index (κ1) is 12.9. The number of rotatable bonds is 4. The van der Waals surface area contributed by atoms with Gasteiger partial charge in [-0.05, 0) is 0 Å². The van der Waals surface area contributed by atoms with E-state index in [1.165, 1.54) is 0 Å². The summed E-state index contributed by atoms with van der Waals surface area (Å²) in [7, 11) is 0. The lowest BCUT2D eigenvalue weighted by Crippen LogP contribution is -2.42. The highest BCUT2D eigenvalue weighted by molar-refractivity contribution is 5.88. The summed E-state index contributed by atoms with van der Waals surface area (Å²) in [5.74, 6) is 0.000369. The van der Waals surface area contributed by atoms with Crippen LogP contribution in [0.15, 0.2) is 0 Å². The fourth-order valence-corrected chi connectivity index (χ4v) is 0.674. The van der Waals surface area contributed by atoms with Gasteiger partial charge in [0, 0.05) is 18.5 Å². The summed E-state index contributed by atoms with van der Waals surface area (Å²) in [5.41, 5.74) is 4.78. The Morgan fingerprint density at radius 1 is 1.21 bits per heavy atom. The van der Waals surface area contributed by atoms with E-state index in [4.69, 9.17) is 5.73 Å². The molecule has 0 saturated carbocycles. The third-order valence-electron chi connectivity index (χ3n) is 1.68. The minimum Gasteiger partial charge on any atom is -0.337 e. The molecule has 0 aliphatic carbocycles. The predicted molar refractivity (Wildman–Crippen MR) is 54.9 cm³/mol. The Balaban J connectivity index is 3.73. The van der Waals surface area contributed by atoms with Crippen molar-refractivity contribution in [2.75, 3.05) is 19.6 Å². The maximum absolute atomic E-state index is 11.4. The maximum Gasteiger partial charge on any atom is 0.315 e. The van der Waals surface area contributed by atoms with Gasteiger partial charge in [-0.2, -0.15) is 0 Å². The molecule has 0 aliphatic rings. The Labute approximate surface area is 84.4 Å². The summed E-state index contributed by atoms with van der Waals surface area (Å²) in [4.78, 5) is 22.4. The molecule has 0 aromatic heterocycles. The molecule has 0 fully saturated rings. The number of amides is 2. The second-order valence-corrected chi connectivity index (χ2v) is 4.07. The van der Waals surface area contributed by atoms with Crippen LogP contribution < -0.4 is 16.4 Å². The van der Waals surface area contributed by atoms with Gasteiger partial charge in [-0.3, -0.25) is 4.79 Å². The van der Waals surface area contributed by atoms with E-state index in [0.717, 1.165) is 0 Å². The predicted octanol–water partition coefficient (Wildman–Crippen LogP) is -0.140. The Morgan fingerprint density at radius 3 is 2.21 bits per heavy atom.